The molecule has 1 fully saturated rings. The van der Waals surface area contributed by atoms with E-state index in [1.165, 1.54) is 11.1 Å². The molecule has 1 aliphatic heterocycles. The van der Waals surface area contributed by atoms with Gasteiger partial charge in [0.1, 0.15) is 0 Å². The van der Waals surface area contributed by atoms with Crippen LogP contribution in [0.15, 0.2) is 53.0 Å². The van der Waals surface area contributed by atoms with Crippen LogP contribution in [0.2, 0.25) is 0 Å². The molecule has 1 atom stereocenters. The fourth-order valence-electron chi connectivity index (χ4n) is 3.15. The summed E-state index contributed by atoms with van der Waals surface area (Å²) in [4.78, 5) is 12.9. The molecule has 5 heteroatoms. The maximum Gasteiger partial charge on any atom is 0.407 e. The Morgan fingerprint density at radius 1 is 1.21 bits per heavy atom. The maximum absolute atomic E-state index is 11.4. The summed E-state index contributed by atoms with van der Waals surface area (Å²) in [6.07, 6.45) is 0.774. The molecule has 3 rings (SSSR count). The highest BCUT2D eigenvalue weighted by atomic mass is 79.9. The smallest absolute Gasteiger partial charge is 0.407 e. The van der Waals surface area contributed by atoms with Gasteiger partial charge in [0.2, 0.25) is 0 Å². The van der Waals surface area contributed by atoms with E-state index in [1.807, 2.05) is 6.07 Å². The lowest BCUT2D eigenvalue weighted by atomic mass is 9.99. The molecule has 0 aliphatic carbocycles. The van der Waals surface area contributed by atoms with Crippen molar-refractivity contribution in [2.24, 2.45) is 0 Å². The van der Waals surface area contributed by atoms with Crippen LogP contribution in [0, 0.1) is 0 Å². The number of nitrogens with zero attached hydrogens (tertiary/aromatic N) is 1. The summed E-state index contributed by atoms with van der Waals surface area (Å²) in [6, 6.07) is 16.7. The summed E-state index contributed by atoms with van der Waals surface area (Å²) in [5.41, 5.74) is 3.67. The van der Waals surface area contributed by atoms with Gasteiger partial charge in [-0.1, -0.05) is 58.4 Å². The molecular formula is C19H21BrN2O2. The van der Waals surface area contributed by atoms with E-state index < -0.39 is 6.09 Å². The van der Waals surface area contributed by atoms with E-state index in [-0.39, 0.29) is 6.04 Å². The lowest BCUT2D eigenvalue weighted by Gasteiger charge is -2.34. The third-order valence-electron chi connectivity index (χ3n) is 4.42. The van der Waals surface area contributed by atoms with Crippen LogP contribution in [-0.2, 0) is 12.8 Å². The molecule has 0 aromatic heterocycles. The Bertz CT molecular complexity index is 706. The molecule has 126 valence electrons. The van der Waals surface area contributed by atoms with E-state index in [0.717, 1.165) is 23.0 Å². The van der Waals surface area contributed by atoms with Gasteiger partial charge in [-0.2, -0.15) is 0 Å². The van der Waals surface area contributed by atoms with E-state index in [2.05, 4.69) is 63.7 Å². The van der Waals surface area contributed by atoms with Crippen molar-refractivity contribution in [1.29, 1.82) is 0 Å². The van der Waals surface area contributed by atoms with Gasteiger partial charge < -0.3 is 15.3 Å². The average molecular weight is 389 g/mol. The number of nitrogens with one attached hydrogen (secondary N) is 1. The lowest BCUT2D eigenvalue weighted by Crippen LogP contribution is -2.54. The van der Waals surface area contributed by atoms with Crippen molar-refractivity contribution in [1.82, 2.24) is 10.2 Å². The van der Waals surface area contributed by atoms with Crippen LogP contribution >= 0.6 is 15.9 Å². The van der Waals surface area contributed by atoms with Crippen LogP contribution < -0.4 is 5.32 Å². The summed E-state index contributed by atoms with van der Waals surface area (Å²) in [6.45, 7) is 1.97. The Labute approximate surface area is 150 Å². The van der Waals surface area contributed by atoms with Crippen LogP contribution in [0.5, 0.6) is 0 Å². The number of benzene rings is 2. The molecule has 1 unspecified atom stereocenters. The van der Waals surface area contributed by atoms with Crippen molar-refractivity contribution in [3.8, 4) is 0 Å². The van der Waals surface area contributed by atoms with Crippen molar-refractivity contribution in [2.75, 3.05) is 19.6 Å². The van der Waals surface area contributed by atoms with Crippen molar-refractivity contribution in [3.63, 3.8) is 0 Å². The van der Waals surface area contributed by atoms with Gasteiger partial charge in [0, 0.05) is 24.1 Å². The quantitative estimate of drug-likeness (QED) is 0.841. The van der Waals surface area contributed by atoms with Crippen LogP contribution in [0.25, 0.3) is 0 Å². The van der Waals surface area contributed by atoms with E-state index in [0.29, 0.717) is 19.5 Å². The van der Waals surface area contributed by atoms with Gasteiger partial charge in [-0.25, -0.2) is 4.79 Å². The molecule has 24 heavy (non-hydrogen) atoms. The summed E-state index contributed by atoms with van der Waals surface area (Å²) in [5.74, 6) is 0. The van der Waals surface area contributed by atoms with Crippen LogP contribution in [0.3, 0.4) is 0 Å². The normalized spacial score (nSPS) is 17.7. The Balaban J connectivity index is 1.71. The third kappa shape index (κ3) is 4.16. The van der Waals surface area contributed by atoms with Crippen LogP contribution in [-0.4, -0.2) is 41.8 Å². The van der Waals surface area contributed by atoms with Gasteiger partial charge in [-0.3, -0.25) is 0 Å². The summed E-state index contributed by atoms with van der Waals surface area (Å²) >= 11 is 3.66. The molecular weight excluding hydrogens is 368 g/mol. The molecule has 0 saturated carbocycles. The van der Waals surface area contributed by atoms with Gasteiger partial charge in [0.25, 0.3) is 0 Å². The first-order valence-electron chi connectivity index (χ1n) is 8.15. The maximum atomic E-state index is 11.4. The Morgan fingerprint density at radius 3 is 2.71 bits per heavy atom. The predicted octanol–water partition coefficient (Wildman–Crippen LogP) is 3.53. The zero-order valence-electron chi connectivity index (χ0n) is 13.4. The van der Waals surface area contributed by atoms with Crippen molar-refractivity contribution in [2.45, 2.75) is 18.9 Å². The van der Waals surface area contributed by atoms with Gasteiger partial charge in [0.05, 0.1) is 6.04 Å². The molecule has 4 nitrogen and oxygen atoms in total. The second kappa shape index (κ2) is 7.81. The minimum atomic E-state index is -0.835. The van der Waals surface area contributed by atoms with Gasteiger partial charge in [-0.15, -0.1) is 0 Å². The largest absolute Gasteiger partial charge is 0.465 e. The molecule has 2 aromatic rings. The molecule has 1 heterocycles. The number of amides is 1. The Hall–Kier alpha value is -1.85. The number of carbonyl (C=O) groups is 1. The second-order valence-electron chi connectivity index (χ2n) is 6.13. The molecule has 0 bridgehead atoms. The van der Waals surface area contributed by atoms with Crippen molar-refractivity contribution in [3.05, 3.63) is 69.7 Å². The van der Waals surface area contributed by atoms with Crippen molar-refractivity contribution < 1.29 is 9.90 Å². The summed E-state index contributed by atoms with van der Waals surface area (Å²) in [5, 5.41) is 12.6. The highest BCUT2D eigenvalue weighted by molar-refractivity contribution is 9.10. The highest BCUT2D eigenvalue weighted by Crippen LogP contribution is 2.23. The van der Waals surface area contributed by atoms with Gasteiger partial charge in [0.15, 0.2) is 0 Å². The molecule has 2 N–H and O–H groups in total. The number of piperazine rings is 1. The number of halogens is 1. The zero-order chi connectivity index (χ0) is 16.9. The number of rotatable bonds is 4. The first-order chi connectivity index (χ1) is 11.6. The Kier molecular flexibility index (Phi) is 5.53. The average Bonchev–Trinajstić information content (AvgIpc) is 2.58. The lowest BCUT2D eigenvalue weighted by molar-refractivity contribution is 0.112. The van der Waals surface area contributed by atoms with E-state index in [1.54, 1.807) is 4.90 Å². The molecule has 2 aromatic carbocycles. The Morgan fingerprint density at radius 2 is 2.00 bits per heavy atom. The predicted molar refractivity (Wildman–Crippen MR) is 98.5 cm³/mol. The highest BCUT2D eigenvalue weighted by Gasteiger charge is 2.26. The van der Waals surface area contributed by atoms with E-state index in [4.69, 9.17) is 0 Å². The number of hydrogen-bond acceptors (Lipinski definition) is 2. The van der Waals surface area contributed by atoms with E-state index in [9.17, 15) is 9.90 Å². The van der Waals surface area contributed by atoms with Gasteiger partial charge in [-0.05, 0) is 35.6 Å². The number of carboxylic acid groups (broad SMARTS) is 1. The van der Waals surface area contributed by atoms with E-state index >= 15 is 0 Å². The third-order valence-corrected chi connectivity index (χ3v) is 5.16. The molecule has 1 aliphatic rings. The minimum absolute atomic E-state index is 0.0208. The monoisotopic (exact) mass is 388 g/mol. The first kappa shape index (κ1) is 17.0. The SMILES string of the molecule is O=C(O)N1CCNCC1Cc1ccc(Cc2ccccc2)cc1Br. The second-order valence-corrected chi connectivity index (χ2v) is 6.98. The first-order valence-corrected chi connectivity index (χ1v) is 8.94. The molecule has 1 saturated heterocycles. The number of hydrogen-bond donors (Lipinski definition) is 2. The molecule has 1 amide bonds. The topological polar surface area (TPSA) is 52.6 Å². The molecule has 0 radical (unpaired) electrons. The van der Waals surface area contributed by atoms with Crippen LogP contribution in [0.4, 0.5) is 4.79 Å². The fourth-order valence-corrected chi connectivity index (χ4v) is 3.73. The summed E-state index contributed by atoms with van der Waals surface area (Å²) < 4.78 is 1.05. The fraction of sp³-hybridized carbons (Fsp3) is 0.316. The molecule has 0 spiro atoms. The van der Waals surface area contributed by atoms with Crippen molar-refractivity contribution >= 4 is 22.0 Å². The zero-order valence-corrected chi connectivity index (χ0v) is 15.0. The standard InChI is InChI=1S/C19H21BrN2O2/c20-18-11-15(10-14-4-2-1-3-5-14)6-7-16(18)12-17-13-21-8-9-22(17)19(23)24/h1-7,11,17,21H,8-10,12-13H2,(H,23,24). The van der Waals surface area contributed by atoms with Crippen LogP contribution in [0.1, 0.15) is 16.7 Å². The minimum Gasteiger partial charge on any atom is -0.465 e. The summed E-state index contributed by atoms with van der Waals surface area (Å²) in [7, 11) is 0. The van der Waals surface area contributed by atoms with Gasteiger partial charge >= 0.3 is 6.09 Å².